The van der Waals surface area contributed by atoms with E-state index in [2.05, 4.69) is 4.98 Å². The molecule has 0 aliphatic rings. The monoisotopic (exact) mass is 370 g/mol. The van der Waals surface area contributed by atoms with Crippen LogP contribution in [0.2, 0.25) is 5.02 Å². The zero-order chi connectivity index (χ0) is 17.5. The summed E-state index contributed by atoms with van der Waals surface area (Å²) >= 11 is 11.4. The lowest BCUT2D eigenvalue weighted by atomic mass is 10.1. The Morgan fingerprint density at radius 1 is 1.43 bits per heavy atom. The van der Waals surface area contributed by atoms with Gasteiger partial charge in [-0.3, -0.25) is 10.1 Å². The van der Waals surface area contributed by atoms with Gasteiger partial charge in [0.25, 0.3) is 0 Å². The maximum atomic E-state index is 13.1. The van der Waals surface area contributed by atoms with E-state index in [-0.39, 0.29) is 29.4 Å². The highest BCUT2D eigenvalue weighted by Gasteiger charge is 2.39. The molecule has 2 aromatic rings. The molecule has 0 saturated heterocycles. The fourth-order valence-electron chi connectivity index (χ4n) is 2.25. The number of nitro benzene ring substituents is 1. The summed E-state index contributed by atoms with van der Waals surface area (Å²) in [4.78, 5) is 16.0. The fourth-order valence-corrected chi connectivity index (χ4v) is 2.74. The van der Waals surface area contributed by atoms with Crippen LogP contribution in [0.3, 0.4) is 0 Å². The van der Waals surface area contributed by atoms with Crippen LogP contribution in [0.25, 0.3) is 11.0 Å². The van der Waals surface area contributed by atoms with Gasteiger partial charge in [-0.2, -0.15) is 13.2 Å². The fraction of sp³-hybridized carbons (Fsp3) is 0.417. The van der Waals surface area contributed by atoms with E-state index < -0.39 is 27.4 Å². The SMILES string of the molecule is CN(C)c1nc2cc(C(F)(F)F)c(Cl)c([N+](=O)[O-])c2n1CCCl. The summed E-state index contributed by atoms with van der Waals surface area (Å²) in [5.41, 5.74) is -2.37. The molecule has 0 saturated carbocycles. The average molecular weight is 371 g/mol. The van der Waals surface area contributed by atoms with Crippen LogP contribution in [-0.4, -0.2) is 34.4 Å². The molecule has 0 amide bonds. The van der Waals surface area contributed by atoms with Gasteiger partial charge in [-0.15, -0.1) is 11.6 Å². The zero-order valence-corrected chi connectivity index (χ0v) is 13.5. The van der Waals surface area contributed by atoms with Gasteiger partial charge in [0, 0.05) is 26.5 Å². The van der Waals surface area contributed by atoms with Crippen LogP contribution >= 0.6 is 23.2 Å². The van der Waals surface area contributed by atoms with Gasteiger partial charge in [-0.1, -0.05) is 11.6 Å². The van der Waals surface area contributed by atoms with E-state index in [1.807, 2.05) is 0 Å². The molecule has 0 radical (unpaired) electrons. The van der Waals surface area contributed by atoms with Gasteiger partial charge >= 0.3 is 11.9 Å². The van der Waals surface area contributed by atoms with Gasteiger partial charge < -0.3 is 9.47 Å². The molecule has 2 rings (SSSR count). The van der Waals surface area contributed by atoms with E-state index in [1.54, 1.807) is 14.1 Å². The van der Waals surface area contributed by atoms with Crippen LogP contribution in [0, 0.1) is 10.1 Å². The van der Waals surface area contributed by atoms with Crippen molar-refractivity contribution in [1.82, 2.24) is 9.55 Å². The van der Waals surface area contributed by atoms with E-state index in [1.165, 1.54) is 9.47 Å². The number of benzene rings is 1. The third-order valence-corrected chi connectivity index (χ3v) is 3.67. The summed E-state index contributed by atoms with van der Waals surface area (Å²) in [6.45, 7) is 0.133. The normalized spacial score (nSPS) is 12.0. The van der Waals surface area contributed by atoms with Crippen LogP contribution in [0.4, 0.5) is 24.8 Å². The predicted molar refractivity (Wildman–Crippen MR) is 81.4 cm³/mol. The highest BCUT2D eigenvalue weighted by molar-refractivity contribution is 6.35. The Hall–Kier alpha value is -1.74. The number of alkyl halides is 4. The molecule has 11 heteroatoms. The quantitative estimate of drug-likeness (QED) is 0.464. The van der Waals surface area contributed by atoms with Crippen molar-refractivity contribution in [2.24, 2.45) is 0 Å². The smallest absolute Gasteiger partial charge is 0.348 e. The van der Waals surface area contributed by atoms with E-state index in [4.69, 9.17) is 23.2 Å². The average Bonchev–Trinajstić information content (AvgIpc) is 2.75. The van der Waals surface area contributed by atoms with Crippen LogP contribution in [0.1, 0.15) is 5.56 Å². The molecule has 0 N–H and O–H groups in total. The van der Waals surface area contributed by atoms with Gasteiger partial charge in [0.1, 0.15) is 5.02 Å². The molecular weight excluding hydrogens is 360 g/mol. The van der Waals surface area contributed by atoms with Crippen LogP contribution in [-0.2, 0) is 12.7 Å². The molecule has 126 valence electrons. The van der Waals surface area contributed by atoms with Crippen molar-refractivity contribution in [3.8, 4) is 0 Å². The first kappa shape index (κ1) is 17.6. The Balaban J connectivity index is 2.98. The lowest BCUT2D eigenvalue weighted by molar-refractivity contribution is -0.383. The number of halogens is 5. The molecule has 1 aromatic carbocycles. The maximum absolute atomic E-state index is 13.1. The molecular formula is C12H11Cl2F3N4O2. The van der Waals surface area contributed by atoms with Crippen molar-refractivity contribution in [3.05, 3.63) is 26.8 Å². The van der Waals surface area contributed by atoms with E-state index in [0.29, 0.717) is 6.07 Å². The van der Waals surface area contributed by atoms with Crippen LogP contribution in [0.5, 0.6) is 0 Å². The largest absolute Gasteiger partial charge is 0.418 e. The van der Waals surface area contributed by atoms with Crippen LogP contribution in [0.15, 0.2) is 6.07 Å². The number of nitro groups is 1. The van der Waals surface area contributed by atoms with E-state index in [9.17, 15) is 23.3 Å². The number of aromatic nitrogens is 2. The minimum absolute atomic E-state index is 0.0858. The molecule has 0 spiro atoms. The van der Waals surface area contributed by atoms with Crippen LogP contribution < -0.4 is 4.90 Å². The molecule has 0 aliphatic heterocycles. The first-order chi connectivity index (χ1) is 10.6. The Bertz CT molecular complexity index is 774. The second-order valence-electron chi connectivity index (χ2n) is 4.86. The number of fused-ring (bicyclic) bond motifs is 1. The third-order valence-electron chi connectivity index (χ3n) is 3.12. The maximum Gasteiger partial charge on any atom is 0.418 e. The summed E-state index contributed by atoms with van der Waals surface area (Å²) in [6, 6.07) is 0.711. The summed E-state index contributed by atoms with van der Waals surface area (Å²) in [5, 5.41) is 10.4. The van der Waals surface area contributed by atoms with Gasteiger partial charge in [0.05, 0.1) is 16.0 Å². The Kier molecular flexibility index (Phi) is 4.63. The summed E-state index contributed by atoms with van der Waals surface area (Å²) in [7, 11) is 3.23. The number of hydrogen-bond acceptors (Lipinski definition) is 4. The second-order valence-corrected chi connectivity index (χ2v) is 5.61. The molecule has 0 aliphatic carbocycles. The molecule has 1 aromatic heterocycles. The van der Waals surface area contributed by atoms with Crippen molar-refractivity contribution >= 4 is 45.9 Å². The first-order valence-corrected chi connectivity index (χ1v) is 7.18. The molecule has 0 bridgehead atoms. The highest BCUT2D eigenvalue weighted by atomic mass is 35.5. The van der Waals surface area contributed by atoms with Gasteiger partial charge in [-0.05, 0) is 6.07 Å². The summed E-state index contributed by atoms with van der Waals surface area (Å²) < 4.78 is 40.6. The minimum atomic E-state index is -4.83. The Morgan fingerprint density at radius 2 is 2.04 bits per heavy atom. The molecule has 6 nitrogen and oxygen atoms in total. The lowest BCUT2D eigenvalue weighted by Crippen LogP contribution is -2.16. The Labute approximate surface area is 138 Å². The standard InChI is InChI=1S/C12H11Cl2F3N4O2/c1-19(2)11-18-7-5-6(12(15,16)17)8(14)10(21(22)23)9(7)20(11)4-3-13/h5H,3-4H2,1-2H3. The minimum Gasteiger partial charge on any atom is -0.348 e. The molecule has 0 atom stereocenters. The molecule has 0 unspecified atom stereocenters. The number of anilines is 1. The number of nitrogens with zero attached hydrogens (tertiary/aromatic N) is 4. The molecule has 1 heterocycles. The number of rotatable bonds is 4. The number of aryl methyl sites for hydroxylation is 1. The van der Waals surface area contributed by atoms with Crippen molar-refractivity contribution in [2.75, 3.05) is 24.9 Å². The first-order valence-electron chi connectivity index (χ1n) is 6.27. The van der Waals surface area contributed by atoms with Crippen molar-refractivity contribution in [1.29, 1.82) is 0 Å². The van der Waals surface area contributed by atoms with E-state index in [0.717, 1.165) is 0 Å². The van der Waals surface area contributed by atoms with Gasteiger partial charge in [0.15, 0.2) is 5.52 Å². The third kappa shape index (κ3) is 3.02. The number of hydrogen-bond donors (Lipinski definition) is 0. The Morgan fingerprint density at radius 3 is 2.48 bits per heavy atom. The van der Waals surface area contributed by atoms with E-state index >= 15 is 0 Å². The topological polar surface area (TPSA) is 64.2 Å². The highest BCUT2D eigenvalue weighted by Crippen LogP contribution is 2.44. The lowest BCUT2D eigenvalue weighted by Gasteiger charge is -2.14. The number of imidazole rings is 1. The molecule has 23 heavy (non-hydrogen) atoms. The van der Waals surface area contributed by atoms with Crippen molar-refractivity contribution in [3.63, 3.8) is 0 Å². The van der Waals surface area contributed by atoms with Crippen molar-refractivity contribution in [2.45, 2.75) is 12.7 Å². The van der Waals surface area contributed by atoms with Gasteiger partial charge in [-0.25, -0.2) is 4.98 Å². The summed E-state index contributed by atoms with van der Waals surface area (Å²) in [6.07, 6.45) is -4.83. The molecule has 0 fully saturated rings. The van der Waals surface area contributed by atoms with Crippen molar-refractivity contribution < 1.29 is 18.1 Å². The van der Waals surface area contributed by atoms with Gasteiger partial charge in [0.2, 0.25) is 5.95 Å². The zero-order valence-electron chi connectivity index (χ0n) is 12.0. The summed E-state index contributed by atoms with van der Waals surface area (Å²) in [5.74, 6) is 0.349. The predicted octanol–water partition coefficient (Wildman–Crippen LogP) is 3.92. The second kappa shape index (κ2) is 6.04.